The Hall–Kier alpha value is -5.99. The zero-order valence-electron chi connectivity index (χ0n) is 28.4. The maximum atomic E-state index is 5.10. The molecule has 8 aromatic rings. The van der Waals surface area contributed by atoms with Gasteiger partial charge in [-0.2, -0.15) is 0 Å². The molecule has 0 aliphatic heterocycles. The Morgan fingerprint density at radius 2 is 1.14 bits per heavy atom. The number of fused-ring (bicyclic) bond motifs is 4. The van der Waals surface area contributed by atoms with Crippen LogP contribution in [0.4, 0.5) is 0 Å². The largest absolute Gasteiger partial charge is 0.292 e. The molecule has 9 rings (SSSR count). The fourth-order valence-corrected chi connectivity index (χ4v) is 8.19. The summed E-state index contributed by atoms with van der Waals surface area (Å²) in [5.74, 6) is 1.56. The lowest BCUT2D eigenvalue weighted by atomic mass is 9.67. The van der Waals surface area contributed by atoms with E-state index in [1.54, 1.807) is 0 Å². The Bertz CT molecular complexity index is 2420. The first-order valence-corrected chi connectivity index (χ1v) is 17.6. The molecular formula is C48H38N2. The van der Waals surface area contributed by atoms with Gasteiger partial charge in [0.15, 0.2) is 0 Å². The van der Waals surface area contributed by atoms with Crippen LogP contribution in [-0.2, 0) is 11.8 Å². The SMILES string of the molecule is CC(C)Cc1ccc(C2(c3cccc(-c4ccc(-c5nc6ccccc6n5-c5ccccc5)cc4)c3)c3ccccc3-c3ccccc32)cc1. The zero-order valence-corrected chi connectivity index (χ0v) is 28.4. The molecule has 0 amide bonds. The smallest absolute Gasteiger partial charge is 0.145 e. The van der Waals surface area contributed by atoms with Crippen LogP contribution in [0.5, 0.6) is 0 Å². The lowest BCUT2D eigenvalue weighted by Crippen LogP contribution is -2.28. The number of benzene rings is 7. The Kier molecular flexibility index (Phi) is 7.32. The zero-order chi connectivity index (χ0) is 33.7. The van der Waals surface area contributed by atoms with Crippen LogP contribution in [0.25, 0.3) is 50.4 Å². The molecule has 0 saturated carbocycles. The molecule has 7 aromatic carbocycles. The molecule has 1 aliphatic carbocycles. The normalized spacial score (nSPS) is 13.0. The second kappa shape index (κ2) is 12.2. The van der Waals surface area contributed by atoms with Gasteiger partial charge in [-0.25, -0.2) is 4.98 Å². The minimum atomic E-state index is -0.431. The van der Waals surface area contributed by atoms with E-state index in [4.69, 9.17) is 4.98 Å². The molecule has 50 heavy (non-hydrogen) atoms. The molecule has 0 bridgehead atoms. The number of para-hydroxylation sites is 3. The first-order valence-electron chi connectivity index (χ1n) is 17.6. The van der Waals surface area contributed by atoms with E-state index in [0.717, 1.165) is 34.5 Å². The van der Waals surface area contributed by atoms with E-state index in [9.17, 15) is 0 Å². The first kappa shape index (κ1) is 30.1. The molecule has 1 aromatic heterocycles. The van der Waals surface area contributed by atoms with E-state index in [0.29, 0.717) is 5.92 Å². The van der Waals surface area contributed by atoms with E-state index in [-0.39, 0.29) is 0 Å². The van der Waals surface area contributed by atoms with Crippen LogP contribution in [0.15, 0.2) is 176 Å². The van der Waals surface area contributed by atoms with Crippen molar-refractivity contribution in [2.45, 2.75) is 25.7 Å². The fourth-order valence-electron chi connectivity index (χ4n) is 8.19. The third-order valence-corrected chi connectivity index (χ3v) is 10.3. The maximum absolute atomic E-state index is 5.10. The molecular weight excluding hydrogens is 605 g/mol. The van der Waals surface area contributed by atoms with Crippen LogP contribution in [0, 0.1) is 5.92 Å². The highest BCUT2D eigenvalue weighted by Gasteiger charge is 2.45. The van der Waals surface area contributed by atoms with Gasteiger partial charge < -0.3 is 0 Å². The summed E-state index contributed by atoms with van der Waals surface area (Å²) in [6.45, 7) is 4.58. The van der Waals surface area contributed by atoms with Crippen LogP contribution >= 0.6 is 0 Å². The quantitative estimate of drug-likeness (QED) is 0.169. The van der Waals surface area contributed by atoms with Crippen molar-refractivity contribution >= 4 is 11.0 Å². The van der Waals surface area contributed by atoms with Gasteiger partial charge in [0, 0.05) is 11.3 Å². The van der Waals surface area contributed by atoms with Crippen LogP contribution in [0.3, 0.4) is 0 Å². The summed E-state index contributed by atoms with van der Waals surface area (Å²) in [5.41, 5.74) is 15.5. The van der Waals surface area contributed by atoms with Gasteiger partial charge in [0.1, 0.15) is 5.82 Å². The van der Waals surface area contributed by atoms with Gasteiger partial charge in [-0.3, -0.25) is 4.57 Å². The summed E-state index contributed by atoms with van der Waals surface area (Å²) in [7, 11) is 0. The van der Waals surface area contributed by atoms with Crippen LogP contribution in [0.1, 0.15) is 41.7 Å². The van der Waals surface area contributed by atoms with Gasteiger partial charge in [-0.05, 0) is 92.7 Å². The maximum Gasteiger partial charge on any atom is 0.145 e. The number of imidazole rings is 1. The minimum absolute atomic E-state index is 0.431. The molecule has 0 N–H and O–H groups in total. The predicted molar refractivity (Wildman–Crippen MR) is 208 cm³/mol. The average Bonchev–Trinajstić information content (AvgIpc) is 3.70. The van der Waals surface area contributed by atoms with Crippen molar-refractivity contribution < 1.29 is 0 Å². The second-order valence-electron chi connectivity index (χ2n) is 13.9. The van der Waals surface area contributed by atoms with Crippen molar-refractivity contribution in [3.63, 3.8) is 0 Å². The Morgan fingerprint density at radius 3 is 1.84 bits per heavy atom. The Balaban J connectivity index is 1.18. The number of nitrogens with zero attached hydrogens (tertiary/aromatic N) is 2. The molecule has 2 heteroatoms. The molecule has 1 aliphatic rings. The fraction of sp³-hybridized carbons (Fsp3) is 0.104. The molecule has 0 saturated heterocycles. The third-order valence-electron chi connectivity index (χ3n) is 10.3. The second-order valence-corrected chi connectivity index (χ2v) is 13.9. The molecule has 2 nitrogen and oxygen atoms in total. The molecule has 0 radical (unpaired) electrons. The predicted octanol–water partition coefficient (Wildman–Crippen LogP) is 11.9. The summed E-state index contributed by atoms with van der Waals surface area (Å²) in [5, 5.41) is 0. The lowest BCUT2D eigenvalue weighted by Gasteiger charge is -2.34. The third kappa shape index (κ3) is 4.82. The van der Waals surface area contributed by atoms with Crippen LogP contribution in [0.2, 0.25) is 0 Å². The van der Waals surface area contributed by atoms with Crippen molar-refractivity contribution in [3.05, 3.63) is 204 Å². The number of aromatic nitrogens is 2. The van der Waals surface area contributed by atoms with Crippen molar-refractivity contribution in [1.82, 2.24) is 9.55 Å². The van der Waals surface area contributed by atoms with E-state index in [1.165, 1.54) is 50.1 Å². The first-order chi connectivity index (χ1) is 24.6. The summed E-state index contributed by atoms with van der Waals surface area (Å²) >= 11 is 0. The van der Waals surface area contributed by atoms with E-state index in [2.05, 4.69) is 194 Å². The molecule has 0 spiro atoms. The van der Waals surface area contributed by atoms with Gasteiger partial charge in [0.25, 0.3) is 0 Å². The van der Waals surface area contributed by atoms with E-state index in [1.807, 2.05) is 0 Å². The summed E-state index contributed by atoms with van der Waals surface area (Å²) < 4.78 is 2.26. The van der Waals surface area contributed by atoms with Crippen molar-refractivity contribution in [2.24, 2.45) is 5.92 Å². The minimum Gasteiger partial charge on any atom is -0.292 e. The standard InChI is InChI=1S/C48H38N2/c1-33(2)31-34-23-29-38(30-24-34)48(43-19-8-6-17-41(43)42-18-7-9-20-44(42)48)39-14-12-13-37(32-39)35-25-27-36(28-26-35)47-49-45-21-10-11-22-46(45)50(47)40-15-4-3-5-16-40/h3-30,32-33H,31H2,1-2H3. The van der Waals surface area contributed by atoms with Gasteiger partial charge in [0.2, 0.25) is 0 Å². The monoisotopic (exact) mass is 642 g/mol. The van der Waals surface area contributed by atoms with Gasteiger partial charge >= 0.3 is 0 Å². The van der Waals surface area contributed by atoms with Crippen molar-refractivity contribution in [1.29, 1.82) is 0 Å². The molecule has 0 unspecified atom stereocenters. The van der Waals surface area contributed by atoms with Crippen LogP contribution < -0.4 is 0 Å². The lowest BCUT2D eigenvalue weighted by molar-refractivity contribution is 0.646. The Morgan fingerprint density at radius 1 is 0.520 bits per heavy atom. The highest BCUT2D eigenvalue weighted by molar-refractivity contribution is 5.87. The Labute approximate surface area is 294 Å². The molecule has 240 valence electrons. The summed E-state index contributed by atoms with van der Waals surface area (Å²) in [6, 6.07) is 64.4. The highest BCUT2D eigenvalue weighted by atomic mass is 15.1. The number of hydrogen-bond acceptors (Lipinski definition) is 1. The topological polar surface area (TPSA) is 17.8 Å². The summed E-state index contributed by atoms with van der Waals surface area (Å²) in [4.78, 5) is 5.10. The molecule has 1 heterocycles. The van der Waals surface area contributed by atoms with E-state index >= 15 is 0 Å². The summed E-state index contributed by atoms with van der Waals surface area (Å²) in [6.07, 6.45) is 1.08. The number of rotatable bonds is 7. The van der Waals surface area contributed by atoms with Gasteiger partial charge in [-0.1, -0.05) is 159 Å². The van der Waals surface area contributed by atoms with Gasteiger partial charge in [0.05, 0.1) is 16.4 Å². The number of hydrogen-bond donors (Lipinski definition) is 0. The molecule has 0 fully saturated rings. The van der Waals surface area contributed by atoms with Gasteiger partial charge in [-0.15, -0.1) is 0 Å². The average molecular weight is 643 g/mol. The van der Waals surface area contributed by atoms with Crippen LogP contribution in [-0.4, -0.2) is 9.55 Å². The van der Waals surface area contributed by atoms with Crippen molar-refractivity contribution in [2.75, 3.05) is 0 Å². The molecule has 0 atom stereocenters. The van der Waals surface area contributed by atoms with Crippen molar-refractivity contribution in [3.8, 4) is 39.3 Å². The van der Waals surface area contributed by atoms with E-state index < -0.39 is 5.41 Å². The highest BCUT2D eigenvalue weighted by Crippen LogP contribution is 2.56.